The van der Waals surface area contributed by atoms with Crippen molar-refractivity contribution in [2.24, 2.45) is 0 Å². The minimum Gasteiger partial charge on any atom is -0.508 e. The highest BCUT2D eigenvalue weighted by Crippen LogP contribution is 2.42. The monoisotopic (exact) mass is 559 g/mol. The number of aromatic hydroxyl groups is 1. The molecule has 4 aromatic carbocycles. The molecule has 39 heavy (non-hydrogen) atoms. The van der Waals surface area contributed by atoms with Crippen LogP contribution < -0.4 is 9.47 Å². The Bertz CT molecular complexity index is 1360. The molecule has 0 aliphatic carbocycles. The summed E-state index contributed by atoms with van der Waals surface area (Å²) in [6.45, 7) is 8.39. The average molecular weight is 560 g/mol. The highest BCUT2D eigenvalue weighted by Gasteiger charge is 2.15. The van der Waals surface area contributed by atoms with Crippen LogP contribution in [0, 0.1) is 0 Å². The van der Waals surface area contributed by atoms with Crippen LogP contribution in [0.2, 0.25) is 0 Å². The lowest BCUT2D eigenvalue weighted by Gasteiger charge is -2.26. The zero-order valence-electron chi connectivity index (χ0n) is 22.8. The number of phenols is 1. The van der Waals surface area contributed by atoms with E-state index < -0.39 is 0 Å². The summed E-state index contributed by atoms with van der Waals surface area (Å²) in [7, 11) is 0. The number of nitrogens with zero attached hydrogens (tertiary/aromatic N) is 1. The van der Waals surface area contributed by atoms with Gasteiger partial charge in [-0.15, -0.1) is 23.5 Å². The van der Waals surface area contributed by atoms with Crippen molar-refractivity contribution in [3.05, 3.63) is 72.8 Å². The number of fused-ring (bicyclic) bond motifs is 1. The van der Waals surface area contributed by atoms with Crippen LogP contribution in [-0.4, -0.2) is 47.8 Å². The lowest BCUT2D eigenvalue weighted by atomic mass is 9.99. The van der Waals surface area contributed by atoms with Crippen molar-refractivity contribution in [2.45, 2.75) is 42.9 Å². The Morgan fingerprint density at radius 3 is 2.15 bits per heavy atom. The smallest absolute Gasteiger partial charge is 0.143 e. The first-order chi connectivity index (χ1) is 19.1. The van der Waals surface area contributed by atoms with Crippen LogP contribution in [0.1, 0.15) is 33.1 Å². The Balaban J connectivity index is 1.42. The fourth-order valence-electron chi connectivity index (χ4n) is 5.05. The summed E-state index contributed by atoms with van der Waals surface area (Å²) < 4.78 is 12.6. The van der Waals surface area contributed by atoms with Crippen LogP contribution >= 0.6 is 23.5 Å². The van der Waals surface area contributed by atoms with Gasteiger partial charge in [-0.05, 0) is 115 Å². The Labute approximate surface area is 240 Å². The van der Waals surface area contributed by atoms with Crippen molar-refractivity contribution in [1.82, 2.24) is 4.90 Å². The molecule has 4 aromatic rings. The van der Waals surface area contributed by atoms with Gasteiger partial charge < -0.3 is 14.6 Å². The Kier molecular flexibility index (Phi) is 9.62. The van der Waals surface area contributed by atoms with E-state index in [9.17, 15) is 5.11 Å². The third kappa shape index (κ3) is 7.24. The Hall–Kier alpha value is -2.80. The number of ether oxygens (including phenoxy) is 2. The first-order valence-corrected chi connectivity index (χ1v) is 15.9. The van der Waals surface area contributed by atoms with Gasteiger partial charge in [0.15, 0.2) is 0 Å². The molecule has 1 N–H and O–H groups in total. The van der Waals surface area contributed by atoms with E-state index in [1.807, 2.05) is 53.9 Å². The summed E-state index contributed by atoms with van der Waals surface area (Å²) in [5.41, 5.74) is 2.17. The normalized spacial score (nSPS) is 14.0. The van der Waals surface area contributed by atoms with E-state index in [0.717, 1.165) is 57.2 Å². The fraction of sp³-hybridized carbons (Fsp3) is 0.333. The van der Waals surface area contributed by atoms with Gasteiger partial charge in [-0.1, -0.05) is 26.3 Å². The number of phenolic OH excluding ortho intramolecular Hbond substituents is 1. The number of hydrogen-bond acceptors (Lipinski definition) is 6. The number of rotatable bonds is 11. The summed E-state index contributed by atoms with van der Waals surface area (Å²) in [6.07, 6.45) is 3.94. The number of likely N-dealkylation sites (tertiary alicyclic amines) is 1. The van der Waals surface area contributed by atoms with Gasteiger partial charge in [0.2, 0.25) is 0 Å². The molecule has 1 heterocycles. The highest BCUT2D eigenvalue weighted by molar-refractivity contribution is 8.00. The second-order valence-corrected chi connectivity index (χ2v) is 12.4. The molecule has 0 saturated carbocycles. The van der Waals surface area contributed by atoms with E-state index in [2.05, 4.69) is 49.1 Å². The Morgan fingerprint density at radius 1 is 0.769 bits per heavy atom. The quantitative estimate of drug-likeness (QED) is 0.185. The molecule has 0 aromatic heterocycles. The predicted octanol–water partition coefficient (Wildman–Crippen LogP) is 9.09. The minimum atomic E-state index is 0.246. The van der Waals surface area contributed by atoms with Gasteiger partial charge in [0.25, 0.3) is 0 Å². The SMILES string of the molecule is CCSc1cc(SCC)cc(-c2ccc3cc(O)ccc3c2Oc2ccc(OCCN3CCCCC3)cc2)c1. The molecule has 6 heteroatoms. The van der Waals surface area contributed by atoms with Crippen molar-refractivity contribution in [3.63, 3.8) is 0 Å². The van der Waals surface area contributed by atoms with Crippen LogP contribution in [0.15, 0.2) is 82.6 Å². The van der Waals surface area contributed by atoms with Crippen molar-refractivity contribution < 1.29 is 14.6 Å². The van der Waals surface area contributed by atoms with Gasteiger partial charge >= 0.3 is 0 Å². The molecular weight excluding hydrogens is 523 g/mol. The standard InChI is InChI=1S/C33H37NO3S2/c1-3-38-29-21-25(22-30(23-29)39-4-2)32-14-8-24-20-26(35)9-15-31(24)33(32)37-28-12-10-27(11-13-28)36-19-18-34-16-6-5-7-17-34/h8-15,20-23,35H,3-7,16-19H2,1-2H3. The lowest BCUT2D eigenvalue weighted by Crippen LogP contribution is -2.33. The third-order valence-electron chi connectivity index (χ3n) is 6.94. The van der Waals surface area contributed by atoms with Crippen LogP contribution in [0.4, 0.5) is 0 Å². The van der Waals surface area contributed by atoms with E-state index in [-0.39, 0.29) is 5.75 Å². The molecule has 0 spiro atoms. The summed E-state index contributed by atoms with van der Waals surface area (Å²) in [6, 6.07) is 24.3. The molecule has 0 atom stereocenters. The molecule has 0 bridgehead atoms. The molecule has 4 nitrogen and oxygen atoms in total. The highest BCUT2D eigenvalue weighted by atomic mass is 32.2. The van der Waals surface area contributed by atoms with E-state index in [1.54, 1.807) is 12.1 Å². The summed E-state index contributed by atoms with van der Waals surface area (Å²) >= 11 is 3.70. The molecule has 204 valence electrons. The van der Waals surface area contributed by atoms with Crippen LogP contribution in [-0.2, 0) is 0 Å². The van der Waals surface area contributed by atoms with E-state index in [4.69, 9.17) is 9.47 Å². The van der Waals surface area contributed by atoms with Crippen LogP contribution in [0.3, 0.4) is 0 Å². The van der Waals surface area contributed by atoms with E-state index in [1.165, 1.54) is 42.1 Å². The van der Waals surface area contributed by atoms with Gasteiger partial charge in [-0.25, -0.2) is 0 Å². The molecule has 1 aliphatic heterocycles. The molecule has 1 fully saturated rings. The van der Waals surface area contributed by atoms with Crippen molar-refractivity contribution in [3.8, 4) is 34.1 Å². The molecule has 0 unspecified atom stereocenters. The number of hydrogen-bond donors (Lipinski definition) is 1. The van der Waals surface area contributed by atoms with Crippen LogP contribution in [0.25, 0.3) is 21.9 Å². The lowest BCUT2D eigenvalue weighted by molar-refractivity contribution is 0.183. The second-order valence-electron chi connectivity index (χ2n) is 9.73. The van der Waals surface area contributed by atoms with Gasteiger partial charge in [0.05, 0.1) is 0 Å². The molecule has 0 radical (unpaired) electrons. The first kappa shape index (κ1) is 27.8. The molecular formula is C33H37NO3S2. The van der Waals surface area contributed by atoms with Crippen molar-refractivity contribution in [1.29, 1.82) is 0 Å². The maximum Gasteiger partial charge on any atom is 0.143 e. The maximum absolute atomic E-state index is 10.1. The first-order valence-electron chi connectivity index (χ1n) is 13.9. The summed E-state index contributed by atoms with van der Waals surface area (Å²) in [4.78, 5) is 5.00. The van der Waals surface area contributed by atoms with Gasteiger partial charge in [0.1, 0.15) is 29.6 Å². The van der Waals surface area contributed by atoms with Gasteiger partial charge in [-0.3, -0.25) is 4.90 Å². The molecule has 1 aliphatic rings. The minimum absolute atomic E-state index is 0.246. The topological polar surface area (TPSA) is 41.9 Å². The number of benzene rings is 4. The van der Waals surface area contributed by atoms with Crippen molar-refractivity contribution >= 4 is 34.3 Å². The maximum atomic E-state index is 10.1. The second kappa shape index (κ2) is 13.5. The average Bonchev–Trinajstić information content (AvgIpc) is 2.95. The van der Waals surface area contributed by atoms with E-state index in [0.29, 0.717) is 6.61 Å². The third-order valence-corrected chi connectivity index (χ3v) is 8.65. The van der Waals surface area contributed by atoms with Crippen molar-refractivity contribution in [2.75, 3.05) is 37.7 Å². The zero-order valence-corrected chi connectivity index (χ0v) is 24.5. The predicted molar refractivity (Wildman–Crippen MR) is 166 cm³/mol. The van der Waals surface area contributed by atoms with Gasteiger partial charge in [-0.2, -0.15) is 0 Å². The largest absolute Gasteiger partial charge is 0.508 e. The zero-order chi connectivity index (χ0) is 27.0. The summed E-state index contributed by atoms with van der Waals surface area (Å²) in [5.74, 6) is 4.68. The van der Waals surface area contributed by atoms with E-state index >= 15 is 0 Å². The molecule has 5 rings (SSSR count). The number of thioether (sulfide) groups is 2. The fourth-order valence-corrected chi connectivity index (χ4v) is 6.63. The molecule has 1 saturated heterocycles. The summed E-state index contributed by atoms with van der Waals surface area (Å²) in [5, 5.41) is 12.0. The Morgan fingerprint density at radius 2 is 1.46 bits per heavy atom. The van der Waals surface area contributed by atoms with Crippen LogP contribution in [0.5, 0.6) is 23.0 Å². The molecule has 0 amide bonds. The van der Waals surface area contributed by atoms with Gasteiger partial charge in [0, 0.05) is 27.3 Å². The number of piperidine rings is 1.